The van der Waals surface area contributed by atoms with Crippen molar-refractivity contribution in [1.29, 1.82) is 0 Å². The number of nitrogens with two attached hydrogens (primary N) is 1. The molecule has 29 heavy (non-hydrogen) atoms. The first-order chi connectivity index (χ1) is 14.1. The van der Waals surface area contributed by atoms with Crippen molar-refractivity contribution in [2.24, 2.45) is 5.73 Å². The Morgan fingerprint density at radius 1 is 1.34 bits per heavy atom. The minimum Gasteiger partial charge on any atom is -0.462 e. The highest BCUT2D eigenvalue weighted by Crippen LogP contribution is 2.45. The lowest BCUT2D eigenvalue weighted by atomic mass is 9.80. The first-order valence-electron chi connectivity index (χ1n) is 10.2. The molecule has 3 aliphatic rings. The summed E-state index contributed by atoms with van der Waals surface area (Å²) in [7, 11) is 0. The third kappa shape index (κ3) is 4.10. The molecule has 0 bridgehead atoms. The van der Waals surface area contributed by atoms with Gasteiger partial charge in [-0.15, -0.1) is 11.3 Å². The van der Waals surface area contributed by atoms with Gasteiger partial charge in [0, 0.05) is 28.9 Å². The average molecular weight is 420 g/mol. The van der Waals surface area contributed by atoms with Crippen molar-refractivity contribution >= 4 is 23.1 Å². The lowest BCUT2D eigenvalue weighted by Gasteiger charge is -2.31. The summed E-state index contributed by atoms with van der Waals surface area (Å²) >= 11 is 1.56. The summed E-state index contributed by atoms with van der Waals surface area (Å²) in [6.07, 6.45) is 1.86. The molecular weight excluding hydrogens is 392 g/mol. The van der Waals surface area contributed by atoms with E-state index in [1.165, 1.54) is 10.5 Å². The molecule has 1 aromatic rings. The maximum absolute atomic E-state index is 12.8. The van der Waals surface area contributed by atoms with Gasteiger partial charge in [-0.3, -0.25) is 4.79 Å². The van der Waals surface area contributed by atoms with Gasteiger partial charge in [0.25, 0.3) is 0 Å². The number of quaternary nitrogens is 1. The van der Waals surface area contributed by atoms with E-state index in [0.29, 0.717) is 24.2 Å². The summed E-state index contributed by atoms with van der Waals surface area (Å²) in [4.78, 5) is 27.9. The minimum absolute atomic E-state index is 0.0271. The number of thiophene rings is 1. The largest absolute Gasteiger partial charge is 0.462 e. The van der Waals surface area contributed by atoms with Crippen molar-refractivity contribution in [3.05, 3.63) is 44.7 Å². The van der Waals surface area contributed by atoms with E-state index in [1.807, 2.05) is 0 Å². The van der Waals surface area contributed by atoms with Crippen LogP contribution in [0.2, 0.25) is 0 Å². The molecule has 0 spiro atoms. The number of hydrogen-bond acceptors (Lipinski definition) is 7. The fourth-order valence-electron chi connectivity index (χ4n) is 4.21. The fraction of sp³-hybridized carbons (Fsp3) is 0.524. The van der Waals surface area contributed by atoms with Gasteiger partial charge in [0.2, 0.25) is 5.88 Å². The van der Waals surface area contributed by atoms with Crippen LogP contribution >= 0.6 is 11.3 Å². The van der Waals surface area contributed by atoms with Crippen LogP contribution in [0.15, 0.2) is 34.2 Å². The van der Waals surface area contributed by atoms with E-state index in [0.717, 1.165) is 44.1 Å². The molecule has 0 radical (unpaired) electrons. The molecule has 0 saturated carbocycles. The Kier molecular flexibility index (Phi) is 6.03. The molecule has 1 fully saturated rings. The Morgan fingerprint density at radius 2 is 2.14 bits per heavy atom. The van der Waals surface area contributed by atoms with Gasteiger partial charge in [0.1, 0.15) is 31.0 Å². The fourth-order valence-corrected chi connectivity index (χ4v) is 5.24. The number of allylic oxidation sites excluding steroid dienone is 2. The number of ether oxygens (including phenoxy) is 3. The second kappa shape index (κ2) is 8.69. The van der Waals surface area contributed by atoms with Gasteiger partial charge < -0.3 is 24.8 Å². The van der Waals surface area contributed by atoms with Crippen LogP contribution in [-0.2, 0) is 30.3 Å². The normalized spacial score (nSPS) is 23.1. The van der Waals surface area contributed by atoms with Gasteiger partial charge in [-0.05, 0) is 24.8 Å². The van der Waals surface area contributed by atoms with Crippen molar-refractivity contribution in [2.45, 2.75) is 38.6 Å². The first kappa shape index (κ1) is 20.1. The monoisotopic (exact) mass is 419 g/mol. The molecule has 0 amide bonds. The molecular formula is C21H27N2O5S+. The highest BCUT2D eigenvalue weighted by molar-refractivity contribution is 7.10. The molecule has 2 aliphatic heterocycles. The van der Waals surface area contributed by atoms with Crippen molar-refractivity contribution < 1.29 is 28.7 Å². The topological polar surface area (TPSA) is 92.3 Å². The van der Waals surface area contributed by atoms with Crippen LogP contribution in [0.25, 0.3) is 0 Å². The van der Waals surface area contributed by atoms with Gasteiger partial charge in [0.05, 0.1) is 25.7 Å². The van der Waals surface area contributed by atoms with Gasteiger partial charge >= 0.3 is 5.97 Å². The lowest BCUT2D eigenvalue weighted by molar-refractivity contribution is -0.921. The standard InChI is InChI=1S/C21H26N2O5S/c1-2-27-21(25)19-18(17-14(24)4-3-5-15(17)28-20(19)22)16-10-13(12-29-16)11-23-6-8-26-9-7-23/h10,12,18H,2-9,11,22H2,1H3/p+1/t18-/m0/s1. The van der Waals surface area contributed by atoms with E-state index in [2.05, 4.69) is 11.4 Å². The number of carbonyl (C=O) groups is 2. The van der Waals surface area contributed by atoms with Gasteiger partial charge in [-0.25, -0.2) is 4.79 Å². The Morgan fingerprint density at radius 3 is 2.90 bits per heavy atom. The molecule has 1 aromatic heterocycles. The second-order valence-electron chi connectivity index (χ2n) is 7.54. The minimum atomic E-state index is -0.520. The van der Waals surface area contributed by atoms with Crippen LogP contribution in [0, 0.1) is 0 Å². The zero-order valence-corrected chi connectivity index (χ0v) is 17.4. The molecule has 7 nitrogen and oxygen atoms in total. The molecule has 156 valence electrons. The number of carbonyl (C=O) groups excluding carboxylic acids is 2. The number of hydrogen-bond donors (Lipinski definition) is 2. The Labute approximate surface area is 174 Å². The summed E-state index contributed by atoms with van der Waals surface area (Å²) in [6, 6.07) is 2.10. The number of Topliss-reactive ketones (excluding diaryl/α,β-unsaturated/α-hetero) is 1. The zero-order chi connectivity index (χ0) is 20.4. The van der Waals surface area contributed by atoms with Gasteiger partial charge in [-0.1, -0.05) is 0 Å². The van der Waals surface area contributed by atoms with E-state index in [9.17, 15) is 9.59 Å². The van der Waals surface area contributed by atoms with E-state index in [1.54, 1.807) is 18.3 Å². The third-order valence-electron chi connectivity index (χ3n) is 5.59. The summed E-state index contributed by atoms with van der Waals surface area (Å²) < 4.78 is 16.4. The van der Waals surface area contributed by atoms with Gasteiger partial charge in [0.15, 0.2) is 5.78 Å². The van der Waals surface area contributed by atoms with E-state index >= 15 is 0 Å². The number of rotatable bonds is 5. The number of morpholine rings is 1. The summed E-state index contributed by atoms with van der Waals surface area (Å²) in [5.41, 5.74) is 8.15. The Balaban J connectivity index is 1.68. The smallest absolute Gasteiger partial charge is 0.340 e. The van der Waals surface area contributed by atoms with Crippen LogP contribution < -0.4 is 10.6 Å². The molecule has 1 saturated heterocycles. The quantitative estimate of drug-likeness (QED) is 0.693. The van der Waals surface area contributed by atoms with E-state index in [-0.39, 0.29) is 23.8 Å². The van der Waals surface area contributed by atoms with E-state index in [4.69, 9.17) is 19.9 Å². The average Bonchev–Trinajstić information content (AvgIpc) is 3.16. The SMILES string of the molecule is CCOC(=O)C1=C(N)OC2=C(C(=O)CCC2)[C@@H]1c1cc(C[NH+]2CCOCC2)cs1. The lowest BCUT2D eigenvalue weighted by Crippen LogP contribution is -3.12. The summed E-state index contributed by atoms with van der Waals surface area (Å²) in [5, 5.41) is 2.11. The first-order valence-corrected chi connectivity index (χ1v) is 11.1. The Hall–Kier alpha value is -2.16. The predicted octanol–water partition coefficient (Wildman–Crippen LogP) is 1.02. The maximum Gasteiger partial charge on any atom is 0.340 e. The molecule has 0 unspecified atom stereocenters. The second-order valence-corrected chi connectivity index (χ2v) is 8.49. The van der Waals surface area contributed by atoms with Crippen molar-refractivity contribution in [1.82, 2.24) is 0 Å². The van der Waals surface area contributed by atoms with Crippen LogP contribution in [0.4, 0.5) is 0 Å². The van der Waals surface area contributed by atoms with Crippen LogP contribution in [0.3, 0.4) is 0 Å². The molecule has 8 heteroatoms. The predicted molar refractivity (Wildman–Crippen MR) is 107 cm³/mol. The molecule has 3 N–H and O–H groups in total. The number of esters is 1. The van der Waals surface area contributed by atoms with Gasteiger partial charge in [-0.2, -0.15) is 0 Å². The molecule has 0 aromatic carbocycles. The van der Waals surface area contributed by atoms with Crippen molar-refractivity contribution in [3.63, 3.8) is 0 Å². The molecule has 1 atom stereocenters. The molecule has 3 heterocycles. The number of ketones is 1. The zero-order valence-electron chi connectivity index (χ0n) is 16.6. The highest BCUT2D eigenvalue weighted by Gasteiger charge is 2.42. The summed E-state index contributed by atoms with van der Waals surface area (Å²) in [5.74, 6) is -0.349. The van der Waals surface area contributed by atoms with Crippen LogP contribution in [-0.4, -0.2) is 44.7 Å². The molecule has 4 rings (SSSR count). The summed E-state index contributed by atoms with van der Waals surface area (Å²) in [6.45, 7) is 6.41. The molecule has 1 aliphatic carbocycles. The highest BCUT2D eigenvalue weighted by atomic mass is 32.1. The van der Waals surface area contributed by atoms with Crippen LogP contribution in [0.1, 0.15) is 42.5 Å². The Bertz CT molecular complexity index is 866. The maximum atomic E-state index is 12.8. The van der Waals surface area contributed by atoms with E-state index < -0.39 is 11.9 Å². The number of nitrogens with one attached hydrogen (secondary N) is 1. The van der Waals surface area contributed by atoms with Crippen molar-refractivity contribution in [2.75, 3.05) is 32.9 Å². The van der Waals surface area contributed by atoms with Crippen LogP contribution in [0.5, 0.6) is 0 Å². The third-order valence-corrected chi connectivity index (χ3v) is 6.64. The van der Waals surface area contributed by atoms with Crippen molar-refractivity contribution in [3.8, 4) is 0 Å².